The first-order valence-electron chi connectivity index (χ1n) is 4.92. The maximum Gasteiger partial charge on any atom is 0.385 e. The Bertz CT molecular complexity index is 697. The molecule has 1 aromatic heterocycles. The number of nitrogens with one attached hydrogen (secondary N) is 1. The number of aromatic nitrogens is 1. The lowest BCUT2D eigenvalue weighted by molar-refractivity contribution is 0.400. The van der Waals surface area contributed by atoms with Gasteiger partial charge in [-0.15, -0.1) is 0 Å². The lowest BCUT2D eigenvalue weighted by Gasteiger charge is -2.03. The van der Waals surface area contributed by atoms with Crippen molar-refractivity contribution in [3.63, 3.8) is 0 Å². The molecule has 0 atom stereocenters. The Labute approximate surface area is 103 Å². The monoisotopic (exact) mass is 265 g/mol. The normalized spacial score (nSPS) is 10.9. The number of aryl methyl sites for hydroxylation is 1. The number of rotatable bonds is 3. The molecule has 0 spiro atoms. The number of sulfonamides is 1. The first-order valence-corrected chi connectivity index (χ1v) is 6.41. The first kappa shape index (κ1) is 12.1. The molecule has 0 saturated heterocycles. The second kappa shape index (κ2) is 4.46. The SMILES string of the molecule is Cc1cc(NS(=O)(=O)c2ccc([N+]#N)cc2)no1. The van der Waals surface area contributed by atoms with Gasteiger partial charge in [-0.05, 0) is 19.1 Å². The minimum atomic E-state index is -3.72. The average Bonchev–Trinajstić information content (AvgIpc) is 2.74. The number of benzene rings is 1. The van der Waals surface area contributed by atoms with E-state index in [4.69, 9.17) is 9.92 Å². The lowest BCUT2D eigenvalue weighted by Crippen LogP contribution is -2.12. The highest BCUT2D eigenvalue weighted by atomic mass is 32.2. The molecule has 0 aliphatic carbocycles. The summed E-state index contributed by atoms with van der Waals surface area (Å²) in [5.41, 5.74) is 0.270. The Morgan fingerprint density at radius 2 is 2.00 bits per heavy atom. The van der Waals surface area contributed by atoms with Gasteiger partial charge in [0.15, 0.2) is 10.8 Å². The first-order chi connectivity index (χ1) is 8.51. The summed E-state index contributed by atoms with van der Waals surface area (Å²) >= 11 is 0. The summed E-state index contributed by atoms with van der Waals surface area (Å²) in [6, 6.07) is 6.87. The van der Waals surface area contributed by atoms with Gasteiger partial charge >= 0.3 is 5.69 Å². The second-order valence-electron chi connectivity index (χ2n) is 3.52. The number of nitrogens with zero attached hydrogens (tertiary/aromatic N) is 3. The predicted octanol–water partition coefficient (Wildman–Crippen LogP) is 2.27. The minimum Gasteiger partial charge on any atom is -0.360 e. The highest BCUT2D eigenvalue weighted by Gasteiger charge is 2.17. The van der Waals surface area contributed by atoms with Crippen LogP contribution in [-0.4, -0.2) is 13.6 Å². The summed E-state index contributed by atoms with van der Waals surface area (Å²) in [4.78, 5) is 2.98. The zero-order chi connectivity index (χ0) is 13.2. The molecular formula is C10H9N4O3S+. The standard InChI is InChI=1S/C10H9N4O3S/c1-7-6-10(13-17-7)14-18(15,16)9-4-2-8(12-11)3-5-9/h2-6H,1H3,(H,13,14)/q+1. The van der Waals surface area contributed by atoms with Gasteiger partial charge in [-0.3, -0.25) is 4.72 Å². The average molecular weight is 265 g/mol. The molecule has 0 bridgehead atoms. The molecule has 18 heavy (non-hydrogen) atoms. The van der Waals surface area contributed by atoms with E-state index in [2.05, 4.69) is 14.9 Å². The maximum absolute atomic E-state index is 11.9. The molecule has 1 heterocycles. The maximum atomic E-state index is 11.9. The van der Waals surface area contributed by atoms with Crippen LogP contribution in [0.1, 0.15) is 5.76 Å². The van der Waals surface area contributed by atoms with Crippen LogP contribution in [0.4, 0.5) is 11.5 Å². The zero-order valence-electron chi connectivity index (χ0n) is 9.36. The van der Waals surface area contributed by atoms with Crippen molar-refractivity contribution in [2.45, 2.75) is 11.8 Å². The molecule has 0 radical (unpaired) electrons. The van der Waals surface area contributed by atoms with E-state index in [0.717, 1.165) is 0 Å². The fourth-order valence-electron chi connectivity index (χ4n) is 1.30. The van der Waals surface area contributed by atoms with Crippen LogP contribution in [0.25, 0.3) is 4.98 Å². The third-order valence-corrected chi connectivity index (χ3v) is 3.50. The molecular weight excluding hydrogens is 256 g/mol. The molecule has 0 amide bonds. The van der Waals surface area contributed by atoms with Gasteiger partial charge in [0, 0.05) is 18.2 Å². The smallest absolute Gasteiger partial charge is 0.360 e. The van der Waals surface area contributed by atoms with Crippen molar-refractivity contribution >= 4 is 21.5 Å². The van der Waals surface area contributed by atoms with Crippen LogP contribution >= 0.6 is 0 Å². The topological polar surface area (TPSA) is 100 Å². The van der Waals surface area contributed by atoms with E-state index < -0.39 is 10.0 Å². The van der Waals surface area contributed by atoms with Crippen LogP contribution in [-0.2, 0) is 10.0 Å². The van der Waals surface area contributed by atoms with Gasteiger partial charge in [-0.25, -0.2) is 8.42 Å². The molecule has 0 saturated carbocycles. The molecule has 0 aliphatic heterocycles. The summed E-state index contributed by atoms with van der Waals surface area (Å²) in [6.45, 7) is 1.66. The summed E-state index contributed by atoms with van der Waals surface area (Å²) in [5.74, 6) is 0.616. The number of hydrogen-bond acceptors (Lipinski definition) is 5. The van der Waals surface area contributed by atoms with E-state index in [1.54, 1.807) is 6.92 Å². The molecule has 0 aliphatic rings. The Hall–Kier alpha value is -2.40. The van der Waals surface area contributed by atoms with Gasteiger partial charge in [-0.1, -0.05) is 5.16 Å². The third kappa shape index (κ3) is 2.46. The molecule has 1 aromatic carbocycles. The van der Waals surface area contributed by atoms with Crippen molar-refractivity contribution in [3.8, 4) is 0 Å². The van der Waals surface area contributed by atoms with E-state index in [0.29, 0.717) is 5.76 Å². The van der Waals surface area contributed by atoms with Crippen LogP contribution in [0.15, 0.2) is 39.8 Å². The van der Waals surface area contributed by atoms with E-state index >= 15 is 0 Å². The van der Waals surface area contributed by atoms with Gasteiger partial charge in [0.05, 0.1) is 4.90 Å². The van der Waals surface area contributed by atoms with Gasteiger partial charge < -0.3 is 4.52 Å². The third-order valence-electron chi connectivity index (χ3n) is 2.13. The van der Waals surface area contributed by atoms with Crippen molar-refractivity contribution in [1.82, 2.24) is 5.16 Å². The number of diazo groups is 1. The van der Waals surface area contributed by atoms with Crippen molar-refractivity contribution in [2.24, 2.45) is 0 Å². The summed E-state index contributed by atoms with van der Waals surface area (Å²) in [7, 11) is -3.72. The Morgan fingerprint density at radius 1 is 1.33 bits per heavy atom. The van der Waals surface area contributed by atoms with Gasteiger partial charge in [0.2, 0.25) is 5.39 Å². The van der Waals surface area contributed by atoms with Gasteiger partial charge in [-0.2, -0.15) is 0 Å². The number of anilines is 1. The molecule has 0 fully saturated rings. The molecule has 1 N–H and O–H groups in total. The van der Waals surface area contributed by atoms with Crippen LogP contribution in [0.2, 0.25) is 0 Å². The molecule has 2 aromatic rings. The molecule has 8 heteroatoms. The van der Waals surface area contributed by atoms with Crippen molar-refractivity contribution in [3.05, 3.63) is 41.1 Å². The number of hydrogen-bond donors (Lipinski definition) is 1. The molecule has 92 valence electrons. The van der Waals surface area contributed by atoms with Crippen LogP contribution < -0.4 is 4.72 Å². The van der Waals surface area contributed by atoms with Gasteiger partial charge in [0.1, 0.15) is 5.76 Å². The quantitative estimate of drug-likeness (QED) is 0.858. The largest absolute Gasteiger partial charge is 0.385 e. The Morgan fingerprint density at radius 3 is 2.50 bits per heavy atom. The van der Waals surface area contributed by atoms with Crippen LogP contribution in [0.5, 0.6) is 0 Å². The minimum absolute atomic E-state index is 0.0375. The molecule has 2 rings (SSSR count). The highest BCUT2D eigenvalue weighted by Crippen LogP contribution is 2.19. The second-order valence-corrected chi connectivity index (χ2v) is 5.20. The Kier molecular flexibility index (Phi) is 2.99. The van der Waals surface area contributed by atoms with E-state index in [1.165, 1.54) is 30.3 Å². The van der Waals surface area contributed by atoms with Crippen LogP contribution in [0.3, 0.4) is 0 Å². The summed E-state index contributed by atoms with van der Waals surface area (Å²) in [5, 5.41) is 12.0. The predicted molar refractivity (Wildman–Crippen MR) is 63.2 cm³/mol. The fraction of sp³-hybridized carbons (Fsp3) is 0.100. The molecule has 0 unspecified atom stereocenters. The van der Waals surface area contributed by atoms with Gasteiger partial charge in [0.25, 0.3) is 10.0 Å². The van der Waals surface area contributed by atoms with E-state index in [-0.39, 0.29) is 16.4 Å². The Balaban J connectivity index is 2.28. The van der Waals surface area contributed by atoms with Crippen molar-refractivity contribution in [1.29, 1.82) is 5.39 Å². The fourth-order valence-corrected chi connectivity index (χ4v) is 2.29. The van der Waals surface area contributed by atoms with Crippen molar-refractivity contribution < 1.29 is 12.9 Å². The zero-order valence-corrected chi connectivity index (χ0v) is 10.2. The summed E-state index contributed by atoms with van der Waals surface area (Å²) in [6.07, 6.45) is 0. The summed E-state index contributed by atoms with van der Waals surface area (Å²) < 4.78 is 30.9. The van der Waals surface area contributed by atoms with Crippen LogP contribution in [0, 0.1) is 12.3 Å². The lowest BCUT2D eigenvalue weighted by atomic mass is 10.3. The van der Waals surface area contributed by atoms with Crippen molar-refractivity contribution in [2.75, 3.05) is 4.72 Å². The highest BCUT2D eigenvalue weighted by molar-refractivity contribution is 7.92. The van der Waals surface area contributed by atoms with E-state index in [9.17, 15) is 8.42 Å². The van der Waals surface area contributed by atoms with E-state index in [1.807, 2.05) is 0 Å². The molecule has 7 nitrogen and oxygen atoms in total.